The second kappa shape index (κ2) is 9.85. The van der Waals surface area contributed by atoms with Crippen molar-refractivity contribution in [3.8, 4) is 0 Å². The van der Waals surface area contributed by atoms with Crippen molar-refractivity contribution < 1.29 is 4.79 Å². The summed E-state index contributed by atoms with van der Waals surface area (Å²) < 4.78 is 0. The Morgan fingerprint density at radius 2 is 1.79 bits per heavy atom. The molecule has 28 heavy (non-hydrogen) atoms. The minimum Gasteiger partial charge on any atom is -0.368 e. The molecule has 6 heteroatoms. The van der Waals surface area contributed by atoms with Crippen LogP contribution in [0, 0.1) is 0 Å². The first-order valence-corrected chi connectivity index (χ1v) is 9.68. The highest BCUT2D eigenvalue weighted by Crippen LogP contribution is 2.12. The number of nitrogens with one attached hydrogen (secondary N) is 1. The maximum atomic E-state index is 12.7. The van der Waals surface area contributed by atoms with Crippen molar-refractivity contribution in [3.63, 3.8) is 0 Å². The van der Waals surface area contributed by atoms with Crippen LogP contribution in [0.5, 0.6) is 0 Å². The molecule has 0 atom stereocenters. The van der Waals surface area contributed by atoms with Gasteiger partial charge in [0.1, 0.15) is 5.82 Å². The normalized spacial score (nSPS) is 10.5. The van der Waals surface area contributed by atoms with Gasteiger partial charge in [-0.3, -0.25) is 4.79 Å². The molecule has 0 saturated heterocycles. The van der Waals surface area contributed by atoms with Crippen LogP contribution in [0.4, 0.5) is 5.82 Å². The van der Waals surface area contributed by atoms with Crippen molar-refractivity contribution in [1.29, 1.82) is 0 Å². The number of benzene rings is 2. The Bertz CT molecular complexity index is 900. The first-order valence-electron chi connectivity index (χ1n) is 9.31. The summed E-state index contributed by atoms with van der Waals surface area (Å²) in [6, 6.07) is 21.2. The van der Waals surface area contributed by atoms with E-state index < -0.39 is 0 Å². The summed E-state index contributed by atoms with van der Waals surface area (Å²) in [6.07, 6.45) is 0.823. The van der Waals surface area contributed by atoms with Crippen LogP contribution in [0.25, 0.3) is 0 Å². The van der Waals surface area contributed by atoms with Crippen molar-refractivity contribution >= 4 is 23.3 Å². The van der Waals surface area contributed by atoms with E-state index in [9.17, 15) is 4.79 Å². The third kappa shape index (κ3) is 5.54. The zero-order valence-electron chi connectivity index (χ0n) is 15.8. The van der Waals surface area contributed by atoms with Crippen molar-refractivity contribution in [3.05, 3.63) is 88.6 Å². The fraction of sp³-hybridized carbons (Fsp3) is 0.227. The molecule has 0 unspecified atom stereocenters. The van der Waals surface area contributed by atoms with Gasteiger partial charge < -0.3 is 10.2 Å². The van der Waals surface area contributed by atoms with Gasteiger partial charge in [-0.2, -0.15) is 0 Å². The first-order chi connectivity index (χ1) is 13.7. The van der Waals surface area contributed by atoms with E-state index in [0.29, 0.717) is 31.1 Å². The maximum absolute atomic E-state index is 12.7. The Balaban J connectivity index is 1.55. The van der Waals surface area contributed by atoms with Crippen LogP contribution in [0.15, 0.2) is 66.7 Å². The predicted octanol–water partition coefficient (Wildman–Crippen LogP) is 4.45. The molecule has 0 fully saturated rings. The fourth-order valence-corrected chi connectivity index (χ4v) is 3.07. The number of anilines is 1. The van der Waals surface area contributed by atoms with E-state index in [1.807, 2.05) is 61.5 Å². The molecule has 5 nitrogen and oxygen atoms in total. The van der Waals surface area contributed by atoms with Gasteiger partial charge in [-0.25, -0.2) is 0 Å². The summed E-state index contributed by atoms with van der Waals surface area (Å²) in [4.78, 5) is 14.5. The van der Waals surface area contributed by atoms with Gasteiger partial charge in [0.25, 0.3) is 5.91 Å². The molecule has 3 aromatic rings. The van der Waals surface area contributed by atoms with E-state index in [2.05, 4.69) is 15.5 Å². The highest BCUT2D eigenvalue weighted by atomic mass is 35.5. The lowest BCUT2D eigenvalue weighted by molar-refractivity contribution is 0.0745. The zero-order chi connectivity index (χ0) is 19.8. The summed E-state index contributed by atoms with van der Waals surface area (Å²) in [5.41, 5.74) is 2.59. The van der Waals surface area contributed by atoms with Crippen molar-refractivity contribution in [2.24, 2.45) is 0 Å². The molecule has 0 aliphatic rings. The first kappa shape index (κ1) is 19.8. The van der Waals surface area contributed by atoms with E-state index in [1.165, 1.54) is 0 Å². The van der Waals surface area contributed by atoms with Crippen molar-refractivity contribution in [1.82, 2.24) is 15.1 Å². The number of aromatic nitrogens is 2. The molecule has 1 aromatic heterocycles. The average molecular weight is 395 g/mol. The molecule has 0 spiro atoms. The van der Waals surface area contributed by atoms with Crippen LogP contribution in [-0.4, -0.2) is 34.1 Å². The van der Waals surface area contributed by atoms with Crippen molar-refractivity contribution in [2.75, 3.05) is 18.4 Å². The van der Waals surface area contributed by atoms with Gasteiger partial charge in [-0.05, 0) is 48.7 Å². The number of amides is 1. The topological polar surface area (TPSA) is 58.1 Å². The van der Waals surface area contributed by atoms with Crippen LogP contribution in [0.1, 0.15) is 28.5 Å². The molecule has 0 saturated carbocycles. The van der Waals surface area contributed by atoms with Crippen molar-refractivity contribution in [2.45, 2.75) is 19.9 Å². The van der Waals surface area contributed by atoms with Crippen LogP contribution in [-0.2, 0) is 13.0 Å². The lowest BCUT2D eigenvalue weighted by atomic mass is 10.1. The molecular formula is C22H23ClN4O. The SMILES string of the molecule is CCN(Cc1ccccc1)C(=O)c1ccc(NCCc2cccc(Cl)c2)nn1. The molecule has 1 N–H and O–H groups in total. The smallest absolute Gasteiger partial charge is 0.274 e. The number of rotatable bonds is 8. The Kier molecular flexibility index (Phi) is 6.98. The zero-order valence-corrected chi connectivity index (χ0v) is 16.6. The quantitative estimate of drug-likeness (QED) is 0.613. The second-order valence-corrected chi connectivity index (χ2v) is 6.85. The number of carbonyl (C=O) groups is 1. The van der Waals surface area contributed by atoms with Gasteiger partial charge in [0, 0.05) is 24.7 Å². The highest BCUT2D eigenvalue weighted by molar-refractivity contribution is 6.30. The third-order valence-corrected chi connectivity index (χ3v) is 4.61. The van der Waals surface area contributed by atoms with E-state index in [4.69, 9.17) is 11.6 Å². The molecule has 0 aliphatic carbocycles. The fourth-order valence-electron chi connectivity index (χ4n) is 2.86. The van der Waals surface area contributed by atoms with Crippen LogP contribution >= 0.6 is 11.6 Å². The van der Waals surface area contributed by atoms with Gasteiger partial charge in [0.15, 0.2) is 5.69 Å². The molecule has 144 valence electrons. The van der Waals surface area contributed by atoms with Gasteiger partial charge in [0.05, 0.1) is 0 Å². The predicted molar refractivity (Wildman–Crippen MR) is 113 cm³/mol. The Hall–Kier alpha value is -2.92. The lowest BCUT2D eigenvalue weighted by Crippen LogP contribution is -2.31. The standard InChI is InChI=1S/C22H23ClN4O/c1-2-27(16-18-7-4-3-5-8-18)22(28)20-11-12-21(26-25-20)24-14-13-17-9-6-10-19(23)15-17/h3-12,15H,2,13-14,16H2,1H3,(H,24,26). The minimum atomic E-state index is -0.121. The van der Waals surface area contributed by atoms with E-state index in [1.54, 1.807) is 17.0 Å². The van der Waals surface area contributed by atoms with Crippen LogP contribution < -0.4 is 5.32 Å². The third-order valence-electron chi connectivity index (χ3n) is 4.38. The van der Waals surface area contributed by atoms with Crippen LogP contribution in [0.3, 0.4) is 0 Å². The van der Waals surface area contributed by atoms with E-state index in [0.717, 1.165) is 22.6 Å². The van der Waals surface area contributed by atoms with Gasteiger partial charge in [-0.1, -0.05) is 54.1 Å². The highest BCUT2D eigenvalue weighted by Gasteiger charge is 2.16. The van der Waals surface area contributed by atoms with Crippen LogP contribution in [0.2, 0.25) is 5.02 Å². The minimum absolute atomic E-state index is 0.121. The Morgan fingerprint density at radius 3 is 2.46 bits per heavy atom. The summed E-state index contributed by atoms with van der Waals surface area (Å²) >= 11 is 6.00. The van der Waals surface area contributed by atoms with E-state index in [-0.39, 0.29) is 5.91 Å². The molecule has 1 amide bonds. The monoisotopic (exact) mass is 394 g/mol. The Labute approximate surface area is 170 Å². The average Bonchev–Trinajstić information content (AvgIpc) is 2.73. The molecule has 3 rings (SSSR count). The van der Waals surface area contributed by atoms with Gasteiger partial charge >= 0.3 is 0 Å². The summed E-state index contributed by atoms with van der Waals surface area (Å²) in [6.45, 7) is 3.82. The van der Waals surface area contributed by atoms with Gasteiger partial charge in [-0.15, -0.1) is 10.2 Å². The number of halogens is 1. The molecular weight excluding hydrogens is 372 g/mol. The molecule has 0 radical (unpaired) electrons. The molecule has 1 heterocycles. The number of nitrogens with zero attached hydrogens (tertiary/aromatic N) is 3. The summed E-state index contributed by atoms with van der Waals surface area (Å²) in [5.74, 6) is 0.522. The lowest BCUT2D eigenvalue weighted by Gasteiger charge is -2.20. The van der Waals surface area contributed by atoms with E-state index >= 15 is 0 Å². The summed E-state index contributed by atoms with van der Waals surface area (Å²) in [5, 5.41) is 12.2. The largest absolute Gasteiger partial charge is 0.368 e. The Morgan fingerprint density at radius 1 is 1.00 bits per heavy atom. The molecule has 2 aromatic carbocycles. The maximum Gasteiger partial charge on any atom is 0.274 e. The molecule has 0 aliphatic heterocycles. The molecule has 0 bridgehead atoms. The number of carbonyl (C=O) groups excluding carboxylic acids is 1. The second-order valence-electron chi connectivity index (χ2n) is 6.42. The van der Waals surface area contributed by atoms with Gasteiger partial charge in [0.2, 0.25) is 0 Å². The number of hydrogen-bond acceptors (Lipinski definition) is 4. The number of hydrogen-bond donors (Lipinski definition) is 1. The summed E-state index contributed by atoms with van der Waals surface area (Å²) in [7, 11) is 0.